The van der Waals surface area contributed by atoms with Gasteiger partial charge in [0.05, 0.1) is 0 Å². The molecule has 0 fully saturated rings. The Bertz CT molecular complexity index is 393. The Balaban J connectivity index is 2.90. The zero-order valence-electron chi connectivity index (χ0n) is 7.59. The summed E-state index contributed by atoms with van der Waals surface area (Å²) in [6.45, 7) is 0. The number of halogens is 1. The van der Waals surface area contributed by atoms with Crippen molar-refractivity contribution in [1.82, 2.24) is 0 Å². The molecule has 0 aliphatic rings. The standard InChI is InChI=1S/C11H10BrNO/c1-2-3-4-11(14)9-7-8(12)5-6-10(9)13/h1,5-7H,3-4,13H2. The zero-order valence-corrected chi connectivity index (χ0v) is 9.17. The summed E-state index contributed by atoms with van der Waals surface area (Å²) in [4.78, 5) is 11.6. The second-order valence-corrected chi connectivity index (χ2v) is 3.77. The fraction of sp³-hybridized carbons (Fsp3) is 0.182. The first-order valence-corrected chi connectivity index (χ1v) is 4.96. The van der Waals surface area contributed by atoms with Crippen molar-refractivity contribution in [2.24, 2.45) is 0 Å². The molecule has 0 unspecified atom stereocenters. The van der Waals surface area contributed by atoms with Crippen molar-refractivity contribution in [3.05, 3.63) is 28.2 Å². The van der Waals surface area contributed by atoms with Crippen LogP contribution >= 0.6 is 15.9 Å². The molecule has 0 atom stereocenters. The first-order valence-electron chi connectivity index (χ1n) is 4.17. The Morgan fingerprint density at radius 1 is 1.57 bits per heavy atom. The van der Waals surface area contributed by atoms with E-state index >= 15 is 0 Å². The molecule has 0 amide bonds. The predicted octanol–water partition coefficient (Wildman–Crippen LogP) is 2.63. The molecule has 1 aromatic rings. The van der Waals surface area contributed by atoms with E-state index in [0.717, 1.165) is 4.47 Å². The maximum atomic E-state index is 11.6. The van der Waals surface area contributed by atoms with Crippen LogP contribution in [0.25, 0.3) is 0 Å². The maximum absolute atomic E-state index is 11.6. The lowest BCUT2D eigenvalue weighted by Crippen LogP contribution is -2.03. The van der Waals surface area contributed by atoms with Gasteiger partial charge in [0.15, 0.2) is 5.78 Å². The molecule has 2 N–H and O–H groups in total. The number of carbonyl (C=O) groups excluding carboxylic acids is 1. The molecular formula is C11H10BrNO. The van der Waals surface area contributed by atoms with E-state index in [-0.39, 0.29) is 5.78 Å². The van der Waals surface area contributed by atoms with E-state index in [1.807, 2.05) is 0 Å². The molecule has 0 aliphatic heterocycles. The summed E-state index contributed by atoms with van der Waals surface area (Å²) in [6.07, 6.45) is 5.87. The largest absolute Gasteiger partial charge is 0.398 e. The van der Waals surface area contributed by atoms with Gasteiger partial charge in [0.2, 0.25) is 0 Å². The minimum absolute atomic E-state index is 0.0123. The van der Waals surface area contributed by atoms with E-state index in [2.05, 4.69) is 21.9 Å². The highest BCUT2D eigenvalue weighted by molar-refractivity contribution is 9.10. The predicted molar refractivity (Wildman–Crippen MR) is 61.0 cm³/mol. The van der Waals surface area contributed by atoms with Crippen LogP contribution < -0.4 is 5.73 Å². The number of nitrogens with two attached hydrogens (primary N) is 1. The smallest absolute Gasteiger partial charge is 0.165 e. The number of Topliss-reactive ketones (excluding diaryl/α,β-unsaturated/α-hetero) is 1. The quantitative estimate of drug-likeness (QED) is 0.510. The van der Waals surface area contributed by atoms with E-state index in [9.17, 15) is 4.79 Å². The van der Waals surface area contributed by atoms with Crippen molar-refractivity contribution in [3.8, 4) is 12.3 Å². The number of hydrogen-bond acceptors (Lipinski definition) is 2. The SMILES string of the molecule is C#CCCC(=O)c1cc(Br)ccc1N. The second kappa shape index (κ2) is 4.83. The van der Waals surface area contributed by atoms with Gasteiger partial charge in [0.25, 0.3) is 0 Å². The summed E-state index contributed by atoms with van der Waals surface area (Å²) in [7, 11) is 0. The summed E-state index contributed by atoms with van der Waals surface area (Å²) in [5.41, 5.74) is 6.70. The molecule has 0 heterocycles. The van der Waals surface area contributed by atoms with Crippen molar-refractivity contribution >= 4 is 27.4 Å². The van der Waals surface area contributed by atoms with E-state index in [1.54, 1.807) is 18.2 Å². The van der Waals surface area contributed by atoms with E-state index in [0.29, 0.717) is 24.1 Å². The Morgan fingerprint density at radius 2 is 2.29 bits per heavy atom. The summed E-state index contributed by atoms with van der Waals surface area (Å²) < 4.78 is 0.843. The zero-order chi connectivity index (χ0) is 10.6. The summed E-state index contributed by atoms with van der Waals surface area (Å²) in [5, 5.41) is 0. The van der Waals surface area contributed by atoms with Crippen molar-refractivity contribution in [1.29, 1.82) is 0 Å². The molecule has 14 heavy (non-hydrogen) atoms. The molecule has 0 saturated carbocycles. The Kier molecular flexibility index (Phi) is 3.73. The van der Waals surface area contributed by atoms with Crippen LogP contribution in [-0.2, 0) is 0 Å². The normalized spacial score (nSPS) is 9.43. The van der Waals surface area contributed by atoms with E-state index in [1.165, 1.54) is 0 Å². The Hall–Kier alpha value is -1.27. The number of nitrogen functional groups attached to an aromatic ring is 1. The molecule has 0 aromatic heterocycles. The fourth-order valence-corrected chi connectivity index (χ4v) is 1.45. The molecular weight excluding hydrogens is 242 g/mol. The van der Waals surface area contributed by atoms with Gasteiger partial charge in [-0.15, -0.1) is 12.3 Å². The lowest BCUT2D eigenvalue weighted by Gasteiger charge is -2.03. The van der Waals surface area contributed by atoms with Gasteiger partial charge >= 0.3 is 0 Å². The van der Waals surface area contributed by atoms with Gasteiger partial charge in [-0.05, 0) is 18.2 Å². The van der Waals surface area contributed by atoms with Crippen LogP contribution in [0.1, 0.15) is 23.2 Å². The summed E-state index contributed by atoms with van der Waals surface area (Å²) in [5.74, 6) is 2.42. The fourth-order valence-electron chi connectivity index (χ4n) is 1.09. The third-order valence-electron chi connectivity index (χ3n) is 1.81. The van der Waals surface area contributed by atoms with Crippen LogP contribution in [0.2, 0.25) is 0 Å². The van der Waals surface area contributed by atoms with Crippen LogP contribution in [0.15, 0.2) is 22.7 Å². The van der Waals surface area contributed by atoms with E-state index < -0.39 is 0 Å². The number of rotatable bonds is 3. The lowest BCUT2D eigenvalue weighted by atomic mass is 10.1. The number of hydrogen-bond donors (Lipinski definition) is 1. The molecule has 72 valence electrons. The van der Waals surface area contributed by atoms with Crippen LogP contribution in [0.3, 0.4) is 0 Å². The lowest BCUT2D eigenvalue weighted by molar-refractivity contribution is 0.0985. The summed E-state index contributed by atoms with van der Waals surface area (Å²) >= 11 is 3.28. The van der Waals surface area contributed by atoms with Crippen LogP contribution in [-0.4, -0.2) is 5.78 Å². The van der Waals surface area contributed by atoms with Gasteiger partial charge in [0.1, 0.15) is 0 Å². The number of ketones is 1. The van der Waals surface area contributed by atoms with Crippen LogP contribution in [0.5, 0.6) is 0 Å². The van der Waals surface area contributed by atoms with Gasteiger partial charge in [0, 0.05) is 28.6 Å². The highest BCUT2D eigenvalue weighted by Gasteiger charge is 2.08. The van der Waals surface area contributed by atoms with Gasteiger partial charge in [-0.1, -0.05) is 15.9 Å². The maximum Gasteiger partial charge on any atom is 0.165 e. The average molecular weight is 252 g/mol. The van der Waals surface area contributed by atoms with Gasteiger partial charge < -0.3 is 5.73 Å². The number of terminal acetylenes is 1. The first kappa shape index (κ1) is 10.8. The molecule has 0 bridgehead atoms. The Morgan fingerprint density at radius 3 is 2.93 bits per heavy atom. The third kappa shape index (κ3) is 2.61. The van der Waals surface area contributed by atoms with Gasteiger partial charge in [-0.3, -0.25) is 4.79 Å². The van der Waals surface area contributed by atoms with Crippen molar-refractivity contribution in [2.45, 2.75) is 12.8 Å². The minimum Gasteiger partial charge on any atom is -0.398 e. The van der Waals surface area contributed by atoms with Gasteiger partial charge in [-0.25, -0.2) is 0 Å². The number of benzene rings is 1. The molecule has 2 nitrogen and oxygen atoms in total. The molecule has 0 aliphatic carbocycles. The highest BCUT2D eigenvalue weighted by atomic mass is 79.9. The van der Waals surface area contributed by atoms with Crippen molar-refractivity contribution < 1.29 is 4.79 Å². The number of anilines is 1. The first-order chi connectivity index (χ1) is 6.65. The minimum atomic E-state index is -0.0123. The van der Waals surface area contributed by atoms with Crippen LogP contribution in [0, 0.1) is 12.3 Å². The molecule has 0 saturated heterocycles. The highest BCUT2D eigenvalue weighted by Crippen LogP contribution is 2.20. The van der Waals surface area contributed by atoms with E-state index in [4.69, 9.17) is 12.2 Å². The monoisotopic (exact) mass is 251 g/mol. The number of carbonyl (C=O) groups is 1. The summed E-state index contributed by atoms with van der Waals surface area (Å²) in [6, 6.07) is 5.22. The molecule has 1 aromatic carbocycles. The Labute approximate surface area is 91.6 Å². The van der Waals surface area contributed by atoms with Crippen LogP contribution in [0.4, 0.5) is 5.69 Å². The molecule has 0 radical (unpaired) electrons. The van der Waals surface area contributed by atoms with Crippen molar-refractivity contribution in [2.75, 3.05) is 5.73 Å². The average Bonchev–Trinajstić information content (AvgIpc) is 2.18. The third-order valence-corrected chi connectivity index (χ3v) is 2.31. The van der Waals surface area contributed by atoms with Crippen molar-refractivity contribution in [3.63, 3.8) is 0 Å². The molecule has 0 spiro atoms. The van der Waals surface area contributed by atoms with Gasteiger partial charge in [-0.2, -0.15) is 0 Å². The second-order valence-electron chi connectivity index (χ2n) is 2.86. The molecule has 3 heteroatoms. The molecule has 1 rings (SSSR count). The topological polar surface area (TPSA) is 43.1 Å².